The molecule has 2 aliphatic rings. The summed E-state index contributed by atoms with van der Waals surface area (Å²) in [5, 5.41) is 0. The Morgan fingerprint density at radius 3 is 3.04 bits per heavy atom. The molecule has 0 saturated carbocycles. The molecule has 144 valence electrons. The minimum absolute atomic E-state index is 0.155. The van der Waals surface area contributed by atoms with Gasteiger partial charge in [0.15, 0.2) is 0 Å². The van der Waals surface area contributed by atoms with Crippen molar-refractivity contribution in [3.63, 3.8) is 0 Å². The third-order valence-corrected chi connectivity index (χ3v) is 5.09. The number of H-pyrrole nitrogens is 1. The number of nitrogens with zero attached hydrogens (tertiary/aromatic N) is 4. The van der Waals surface area contributed by atoms with Crippen LogP contribution in [0.2, 0.25) is 0 Å². The van der Waals surface area contributed by atoms with Crippen LogP contribution in [-0.2, 0) is 20.7 Å². The van der Waals surface area contributed by atoms with E-state index in [1.807, 2.05) is 23.2 Å². The number of morpholine rings is 1. The fourth-order valence-corrected chi connectivity index (χ4v) is 3.72. The second-order valence-electron chi connectivity index (χ2n) is 7.08. The zero-order valence-electron chi connectivity index (χ0n) is 15.3. The van der Waals surface area contributed by atoms with Crippen LogP contribution in [0.1, 0.15) is 12.1 Å². The molecule has 8 nitrogen and oxygen atoms in total. The first-order valence-electron chi connectivity index (χ1n) is 9.37. The molecule has 1 unspecified atom stereocenters. The van der Waals surface area contributed by atoms with Crippen LogP contribution in [0.4, 0.5) is 5.82 Å². The largest absolute Gasteiger partial charge is 0.376 e. The predicted molar refractivity (Wildman–Crippen MR) is 99.4 cm³/mol. The maximum Gasteiger partial charge on any atom is 0.223 e. The van der Waals surface area contributed by atoms with Gasteiger partial charge in [-0.3, -0.25) is 9.78 Å². The minimum atomic E-state index is -0.533. The first kappa shape index (κ1) is 17.9. The SMILES string of the molecule is O=C(CCc1ccc[nH]1)N1CCOC2(COCCN(c3cnccn3)C2)C1. The van der Waals surface area contributed by atoms with E-state index >= 15 is 0 Å². The molecule has 4 heterocycles. The third-order valence-electron chi connectivity index (χ3n) is 5.09. The molecule has 2 fully saturated rings. The fourth-order valence-electron chi connectivity index (χ4n) is 3.72. The van der Waals surface area contributed by atoms with Gasteiger partial charge in [0.2, 0.25) is 5.91 Å². The van der Waals surface area contributed by atoms with E-state index in [1.54, 1.807) is 18.6 Å². The number of rotatable bonds is 4. The van der Waals surface area contributed by atoms with Crippen molar-refractivity contribution in [2.45, 2.75) is 18.4 Å². The number of anilines is 1. The molecule has 1 atom stereocenters. The molecule has 2 aliphatic heterocycles. The lowest BCUT2D eigenvalue weighted by molar-refractivity contribution is -0.157. The standard InChI is InChI=1S/C19H25N5O3/c25-18(4-3-16-2-1-5-21-16)24-9-11-27-19(14-24)13-23(8-10-26-15-19)17-12-20-6-7-22-17/h1-2,5-7,12,21H,3-4,8-11,13-15H2. The summed E-state index contributed by atoms with van der Waals surface area (Å²) >= 11 is 0. The molecular formula is C19H25N5O3. The molecule has 0 aliphatic carbocycles. The lowest BCUT2D eigenvalue weighted by Crippen LogP contribution is -2.60. The Bertz CT molecular complexity index is 739. The van der Waals surface area contributed by atoms with Crippen LogP contribution in [0.25, 0.3) is 0 Å². The van der Waals surface area contributed by atoms with Gasteiger partial charge in [0.1, 0.15) is 11.4 Å². The summed E-state index contributed by atoms with van der Waals surface area (Å²) in [5.41, 5.74) is 0.548. The maximum atomic E-state index is 12.7. The van der Waals surface area contributed by atoms with Crippen LogP contribution in [0.15, 0.2) is 36.9 Å². The number of aryl methyl sites for hydroxylation is 1. The van der Waals surface area contributed by atoms with Crippen LogP contribution in [-0.4, -0.2) is 77.4 Å². The molecule has 0 radical (unpaired) electrons. The van der Waals surface area contributed by atoms with E-state index in [0.29, 0.717) is 45.9 Å². The van der Waals surface area contributed by atoms with Crippen molar-refractivity contribution in [3.8, 4) is 0 Å². The number of amides is 1. The summed E-state index contributed by atoms with van der Waals surface area (Å²) in [6, 6.07) is 3.96. The van der Waals surface area contributed by atoms with Gasteiger partial charge in [0.05, 0.1) is 39.1 Å². The minimum Gasteiger partial charge on any atom is -0.376 e. The summed E-state index contributed by atoms with van der Waals surface area (Å²) in [5.74, 6) is 0.962. The van der Waals surface area contributed by atoms with Gasteiger partial charge in [-0.2, -0.15) is 0 Å². The maximum absolute atomic E-state index is 12.7. The molecule has 2 saturated heterocycles. The molecule has 8 heteroatoms. The Morgan fingerprint density at radius 2 is 2.22 bits per heavy atom. The van der Waals surface area contributed by atoms with E-state index in [0.717, 1.165) is 24.5 Å². The molecule has 0 aromatic carbocycles. The Labute approximate surface area is 158 Å². The van der Waals surface area contributed by atoms with E-state index in [9.17, 15) is 4.79 Å². The number of carbonyl (C=O) groups excluding carboxylic acids is 1. The first-order valence-corrected chi connectivity index (χ1v) is 9.37. The van der Waals surface area contributed by atoms with Gasteiger partial charge in [-0.15, -0.1) is 0 Å². The quantitative estimate of drug-likeness (QED) is 0.859. The molecule has 2 aromatic heterocycles. The molecule has 2 aromatic rings. The number of hydrogen-bond acceptors (Lipinski definition) is 6. The Kier molecular flexibility index (Phi) is 5.35. The predicted octanol–water partition coefficient (Wildman–Crippen LogP) is 0.872. The number of aromatic amines is 1. The summed E-state index contributed by atoms with van der Waals surface area (Å²) in [4.78, 5) is 28.5. The number of nitrogens with one attached hydrogen (secondary N) is 1. The van der Waals surface area contributed by atoms with E-state index in [-0.39, 0.29) is 5.91 Å². The Morgan fingerprint density at radius 1 is 1.26 bits per heavy atom. The Hall–Kier alpha value is -2.45. The average molecular weight is 371 g/mol. The summed E-state index contributed by atoms with van der Waals surface area (Å²) < 4.78 is 12.0. The molecular weight excluding hydrogens is 346 g/mol. The normalized spacial score (nSPS) is 23.4. The molecule has 1 N–H and O–H groups in total. The number of hydrogen-bond donors (Lipinski definition) is 1. The van der Waals surface area contributed by atoms with Crippen LogP contribution < -0.4 is 4.90 Å². The van der Waals surface area contributed by atoms with Crippen molar-refractivity contribution in [1.29, 1.82) is 0 Å². The highest BCUT2D eigenvalue weighted by atomic mass is 16.5. The topological polar surface area (TPSA) is 83.6 Å². The number of carbonyl (C=O) groups is 1. The monoisotopic (exact) mass is 371 g/mol. The van der Waals surface area contributed by atoms with Gasteiger partial charge in [-0.25, -0.2) is 4.98 Å². The summed E-state index contributed by atoms with van der Waals surface area (Å²) in [6.45, 7) is 4.11. The second kappa shape index (κ2) is 8.06. The summed E-state index contributed by atoms with van der Waals surface area (Å²) in [7, 11) is 0. The lowest BCUT2D eigenvalue weighted by Gasteiger charge is -2.43. The number of aromatic nitrogens is 3. The highest BCUT2D eigenvalue weighted by Crippen LogP contribution is 2.25. The van der Waals surface area contributed by atoms with E-state index in [2.05, 4.69) is 19.9 Å². The molecule has 27 heavy (non-hydrogen) atoms. The smallest absolute Gasteiger partial charge is 0.223 e. The van der Waals surface area contributed by atoms with Crippen LogP contribution in [0.5, 0.6) is 0 Å². The van der Waals surface area contributed by atoms with E-state index in [1.165, 1.54) is 0 Å². The van der Waals surface area contributed by atoms with Gasteiger partial charge < -0.3 is 24.3 Å². The molecule has 1 amide bonds. The zero-order valence-corrected chi connectivity index (χ0v) is 15.3. The second-order valence-corrected chi connectivity index (χ2v) is 7.08. The lowest BCUT2D eigenvalue weighted by atomic mass is 10.0. The van der Waals surface area contributed by atoms with E-state index < -0.39 is 5.60 Å². The van der Waals surface area contributed by atoms with Crippen molar-refractivity contribution in [3.05, 3.63) is 42.6 Å². The van der Waals surface area contributed by atoms with Crippen molar-refractivity contribution in [2.24, 2.45) is 0 Å². The van der Waals surface area contributed by atoms with Crippen molar-refractivity contribution in [1.82, 2.24) is 19.9 Å². The summed E-state index contributed by atoms with van der Waals surface area (Å²) in [6.07, 6.45) is 8.19. The Balaban J connectivity index is 1.42. The van der Waals surface area contributed by atoms with Crippen molar-refractivity contribution >= 4 is 11.7 Å². The average Bonchev–Trinajstić information content (AvgIpc) is 3.15. The van der Waals surface area contributed by atoms with Gasteiger partial charge >= 0.3 is 0 Å². The van der Waals surface area contributed by atoms with Gasteiger partial charge in [0.25, 0.3) is 0 Å². The highest BCUT2D eigenvalue weighted by Gasteiger charge is 2.41. The van der Waals surface area contributed by atoms with Crippen LogP contribution in [0, 0.1) is 0 Å². The number of ether oxygens (including phenoxy) is 2. The van der Waals surface area contributed by atoms with Crippen molar-refractivity contribution in [2.75, 3.05) is 50.9 Å². The van der Waals surface area contributed by atoms with Crippen LogP contribution in [0.3, 0.4) is 0 Å². The fraction of sp³-hybridized carbons (Fsp3) is 0.526. The van der Waals surface area contributed by atoms with E-state index in [4.69, 9.17) is 9.47 Å². The van der Waals surface area contributed by atoms with Crippen molar-refractivity contribution < 1.29 is 14.3 Å². The zero-order chi connectivity index (χ0) is 18.5. The first-order chi connectivity index (χ1) is 13.2. The molecule has 1 spiro atoms. The molecule has 0 bridgehead atoms. The van der Waals surface area contributed by atoms with Crippen LogP contribution >= 0.6 is 0 Å². The van der Waals surface area contributed by atoms with Gasteiger partial charge in [-0.1, -0.05) is 0 Å². The third kappa shape index (κ3) is 4.28. The molecule has 4 rings (SSSR count). The van der Waals surface area contributed by atoms with Gasteiger partial charge in [0, 0.05) is 43.8 Å². The van der Waals surface area contributed by atoms with Gasteiger partial charge in [-0.05, 0) is 18.6 Å². The highest BCUT2D eigenvalue weighted by molar-refractivity contribution is 5.76.